The number of rotatable bonds is 3. The van der Waals surface area contributed by atoms with Gasteiger partial charge in [0.1, 0.15) is 17.7 Å². The van der Waals surface area contributed by atoms with Crippen molar-refractivity contribution in [3.05, 3.63) is 36.2 Å². The summed E-state index contributed by atoms with van der Waals surface area (Å²) < 4.78 is 18.7. The number of hydrogen-bond donors (Lipinski definition) is 2. The van der Waals surface area contributed by atoms with Gasteiger partial charge < -0.3 is 14.8 Å². The largest absolute Gasteiger partial charge is 0.492 e. The highest BCUT2D eigenvalue weighted by Gasteiger charge is 2.20. The maximum atomic E-state index is 13.1. The van der Waals surface area contributed by atoms with Gasteiger partial charge in [-0.3, -0.25) is 0 Å². The molecule has 0 bridgehead atoms. The van der Waals surface area contributed by atoms with E-state index in [0.717, 1.165) is 19.3 Å². The summed E-state index contributed by atoms with van der Waals surface area (Å²) in [6.07, 6.45) is 6.72. The van der Waals surface area contributed by atoms with E-state index in [1.807, 2.05) is 12.2 Å². The van der Waals surface area contributed by atoms with E-state index in [1.165, 1.54) is 18.2 Å². The highest BCUT2D eigenvalue weighted by atomic mass is 19.1. The first-order valence-electron chi connectivity index (χ1n) is 5.66. The van der Waals surface area contributed by atoms with Crippen molar-refractivity contribution >= 4 is 12.6 Å². The zero-order valence-electron chi connectivity index (χ0n) is 9.34. The first-order valence-corrected chi connectivity index (χ1v) is 5.66. The van der Waals surface area contributed by atoms with Crippen molar-refractivity contribution in [1.29, 1.82) is 0 Å². The zero-order chi connectivity index (χ0) is 12.3. The SMILES string of the molecule is OB(O)c1ccc(F)cc1OC1C=CCCC1. The summed E-state index contributed by atoms with van der Waals surface area (Å²) in [5.41, 5.74) is 0.186. The van der Waals surface area contributed by atoms with Crippen LogP contribution in [0.1, 0.15) is 19.3 Å². The van der Waals surface area contributed by atoms with E-state index >= 15 is 0 Å². The van der Waals surface area contributed by atoms with Gasteiger partial charge in [-0.2, -0.15) is 0 Å². The fourth-order valence-electron chi connectivity index (χ4n) is 1.87. The van der Waals surface area contributed by atoms with Crippen LogP contribution in [0.5, 0.6) is 5.75 Å². The zero-order valence-corrected chi connectivity index (χ0v) is 9.34. The second-order valence-electron chi connectivity index (χ2n) is 4.07. The minimum absolute atomic E-state index is 0.122. The third-order valence-electron chi connectivity index (χ3n) is 2.74. The van der Waals surface area contributed by atoms with Crippen LogP contribution in [-0.4, -0.2) is 23.3 Å². The molecule has 2 N–H and O–H groups in total. The molecule has 0 radical (unpaired) electrons. The summed E-state index contributed by atoms with van der Waals surface area (Å²) in [5, 5.41) is 18.3. The van der Waals surface area contributed by atoms with Crippen LogP contribution in [-0.2, 0) is 0 Å². The van der Waals surface area contributed by atoms with Gasteiger partial charge in [-0.25, -0.2) is 4.39 Å². The van der Waals surface area contributed by atoms with Crippen LogP contribution in [0.3, 0.4) is 0 Å². The van der Waals surface area contributed by atoms with Crippen molar-refractivity contribution in [3.63, 3.8) is 0 Å². The molecule has 1 aliphatic carbocycles. The van der Waals surface area contributed by atoms with Gasteiger partial charge in [0.05, 0.1) is 0 Å². The van der Waals surface area contributed by atoms with Gasteiger partial charge in [0, 0.05) is 11.5 Å². The van der Waals surface area contributed by atoms with E-state index in [2.05, 4.69) is 0 Å². The van der Waals surface area contributed by atoms with Crippen LogP contribution in [0.15, 0.2) is 30.4 Å². The van der Waals surface area contributed by atoms with Gasteiger partial charge in [-0.05, 0) is 31.4 Å². The van der Waals surface area contributed by atoms with Crippen LogP contribution in [0, 0.1) is 5.82 Å². The Balaban J connectivity index is 2.20. The number of halogens is 1. The van der Waals surface area contributed by atoms with Crippen molar-refractivity contribution in [2.75, 3.05) is 0 Å². The van der Waals surface area contributed by atoms with Crippen molar-refractivity contribution < 1.29 is 19.2 Å². The molecule has 0 spiro atoms. The molecule has 0 saturated carbocycles. The van der Waals surface area contributed by atoms with E-state index in [-0.39, 0.29) is 17.3 Å². The average Bonchev–Trinajstić information content (AvgIpc) is 2.30. The molecule has 0 saturated heterocycles. The second kappa shape index (κ2) is 5.34. The summed E-state index contributed by atoms with van der Waals surface area (Å²) in [6.45, 7) is 0. The van der Waals surface area contributed by atoms with Crippen LogP contribution >= 0.6 is 0 Å². The van der Waals surface area contributed by atoms with Gasteiger partial charge >= 0.3 is 7.12 Å². The van der Waals surface area contributed by atoms with Crippen molar-refractivity contribution in [2.24, 2.45) is 0 Å². The third kappa shape index (κ3) is 3.08. The van der Waals surface area contributed by atoms with Crippen LogP contribution in [0.4, 0.5) is 4.39 Å². The molecule has 0 aliphatic heterocycles. The Morgan fingerprint density at radius 2 is 2.18 bits per heavy atom. The van der Waals surface area contributed by atoms with E-state index in [4.69, 9.17) is 14.8 Å². The quantitative estimate of drug-likeness (QED) is 0.607. The Labute approximate surface area is 99.7 Å². The topological polar surface area (TPSA) is 49.7 Å². The maximum absolute atomic E-state index is 13.1. The molecule has 0 amide bonds. The molecule has 2 rings (SSSR count). The van der Waals surface area contributed by atoms with Crippen molar-refractivity contribution in [2.45, 2.75) is 25.4 Å². The molecule has 0 fully saturated rings. The summed E-state index contributed by atoms with van der Waals surface area (Å²) >= 11 is 0. The van der Waals surface area contributed by atoms with Crippen LogP contribution < -0.4 is 10.2 Å². The number of ether oxygens (including phenoxy) is 1. The fourth-order valence-corrected chi connectivity index (χ4v) is 1.87. The van der Waals surface area contributed by atoms with E-state index in [1.54, 1.807) is 0 Å². The lowest BCUT2D eigenvalue weighted by Gasteiger charge is -2.20. The van der Waals surface area contributed by atoms with Gasteiger partial charge in [0.25, 0.3) is 0 Å². The monoisotopic (exact) mass is 236 g/mol. The van der Waals surface area contributed by atoms with Gasteiger partial charge in [-0.15, -0.1) is 0 Å². The Morgan fingerprint density at radius 3 is 2.82 bits per heavy atom. The summed E-state index contributed by atoms with van der Waals surface area (Å²) in [6, 6.07) is 3.68. The number of benzene rings is 1. The van der Waals surface area contributed by atoms with Crippen LogP contribution in [0.2, 0.25) is 0 Å². The predicted octanol–water partition coefficient (Wildman–Crippen LogP) is 0.993. The highest BCUT2D eigenvalue weighted by molar-refractivity contribution is 6.59. The van der Waals surface area contributed by atoms with Crippen molar-refractivity contribution in [1.82, 2.24) is 0 Å². The molecule has 1 atom stereocenters. The molecule has 1 aromatic rings. The maximum Gasteiger partial charge on any atom is 0.492 e. The first kappa shape index (κ1) is 12.1. The Bertz CT molecular complexity index is 420. The first-order chi connectivity index (χ1) is 8.16. The molecule has 90 valence electrons. The standard InChI is InChI=1S/C12H14BFO3/c14-9-6-7-11(13(15)16)12(8-9)17-10-4-2-1-3-5-10/h2,4,6-8,10,15-16H,1,3,5H2. The number of allylic oxidation sites excluding steroid dienone is 1. The Hall–Kier alpha value is -1.33. The molecule has 0 heterocycles. The molecule has 3 nitrogen and oxygen atoms in total. The van der Waals surface area contributed by atoms with Crippen LogP contribution in [0.25, 0.3) is 0 Å². The fraction of sp³-hybridized carbons (Fsp3) is 0.333. The second-order valence-corrected chi connectivity index (χ2v) is 4.07. The number of hydrogen-bond acceptors (Lipinski definition) is 3. The molecule has 0 aromatic heterocycles. The van der Waals surface area contributed by atoms with E-state index in [0.29, 0.717) is 0 Å². The van der Waals surface area contributed by atoms with E-state index in [9.17, 15) is 4.39 Å². The predicted molar refractivity (Wildman–Crippen MR) is 63.6 cm³/mol. The molecule has 1 aliphatic rings. The smallest absolute Gasteiger partial charge is 0.487 e. The van der Waals surface area contributed by atoms with Crippen molar-refractivity contribution in [3.8, 4) is 5.75 Å². The lowest BCUT2D eigenvalue weighted by molar-refractivity contribution is 0.230. The van der Waals surface area contributed by atoms with E-state index < -0.39 is 12.9 Å². The minimum atomic E-state index is -1.65. The summed E-state index contributed by atoms with van der Waals surface area (Å²) in [7, 11) is -1.65. The normalized spacial score (nSPS) is 19.1. The third-order valence-corrected chi connectivity index (χ3v) is 2.74. The average molecular weight is 236 g/mol. The van der Waals surface area contributed by atoms with Gasteiger partial charge in [0.15, 0.2) is 0 Å². The molecular weight excluding hydrogens is 222 g/mol. The molecule has 1 aromatic carbocycles. The Kier molecular flexibility index (Phi) is 3.81. The van der Waals surface area contributed by atoms with Gasteiger partial charge in [-0.1, -0.05) is 12.1 Å². The summed E-state index contributed by atoms with van der Waals surface area (Å²) in [4.78, 5) is 0. The highest BCUT2D eigenvalue weighted by Crippen LogP contribution is 2.18. The molecule has 17 heavy (non-hydrogen) atoms. The lowest BCUT2D eigenvalue weighted by atomic mass is 9.79. The molecule has 5 heteroatoms. The summed E-state index contributed by atoms with van der Waals surface area (Å²) in [5.74, 6) is -0.263. The minimum Gasteiger partial charge on any atom is -0.487 e. The lowest BCUT2D eigenvalue weighted by Crippen LogP contribution is -2.33. The Morgan fingerprint density at radius 1 is 1.35 bits per heavy atom. The van der Waals surface area contributed by atoms with Gasteiger partial charge in [0.2, 0.25) is 0 Å². The molecular formula is C12H14BFO3. The molecule has 1 unspecified atom stereocenters.